The van der Waals surface area contributed by atoms with Gasteiger partial charge in [0.05, 0.1) is 16.7 Å². The van der Waals surface area contributed by atoms with Gasteiger partial charge in [-0.3, -0.25) is 0 Å². The molecule has 0 unspecified atom stereocenters. The second-order valence-electron chi connectivity index (χ2n) is 9.81. The fourth-order valence-electron chi connectivity index (χ4n) is 3.86. The predicted molar refractivity (Wildman–Crippen MR) is 186 cm³/mol. The van der Waals surface area contributed by atoms with E-state index >= 15 is 0 Å². The van der Waals surface area contributed by atoms with E-state index in [0.29, 0.717) is 16.9 Å². The van der Waals surface area contributed by atoms with Gasteiger partial charge in [-0.2, -0.15) is 0 Å². The van der Waals surface area contributed by atoms with Gasteiger partial charge in [-0.05, 0) is 72.8 Å². The van der Waals surface area contributed by atoms with Crippen molar-refractivity contribution < 1.29 is 47.7 Å². The van der Waals surface area contributed by atoms with E-state index < -0.39 is 29.8 Å². The highest BCUT2D eigenvalue weighted by Crippen LogP contribution is 2.29. The maximum Gasteiger partial charge on any atom is 0.343 e. The predicted octanol–water partition coefficient (Wildman–Crippen LogP) is 6.07. The summed E-state index contributed by atoms with van der Waals surface area (Å²) >= 11 is 0. The normalized spacial score (nSPS) is 9.57. The minimum atomic E-state index is -0.768. The van der Waals surface area contributed by atoms with Gasteiger partial charge in [-0.15, -0.1) is 0 Å². The van der Waals surface area contributed by atoms with Crippen LogP contribution in [0.1, 0.15) is 32.6 Å². The van der Waals surface area contributed by atoms with E-state index in [-0.39, 0.29) is 39.7 Å². The Bertz CT molecular complexity index is 2170. The number of esters is 5. The number of hydrogen-bond acceptors (Lipinski definition) is 10. The Labute approximate surface area is 292 Å². The zero-order valence-electron chi connectivity index (χ0n) is 26.8. The summed E-state index contributed by atoms with van der Waals surface area (Å²) in [6.07, 6.45) is 4.01. The Hall–Kier alpha value is -7.69. The van der Waals surface area contributed by atoms with Crippen LogP contribution < -0.4 is 23.7 Å². The van der Waals surface area contributed by atoms with E-state index in [0.717, 1.165) is 24.3 Å². The molecule has 0 saturated heterocycles. The van der Waals surface area contributed by atoms with Gasteiger partial charge < -0.3 is 23.7 Å². The number of hydrogen-bond donors (Lipinski definition) is 0. The van der Waals surface area contributed by atoms with Gasteiger partial charge in [-0.1, -0.05) is 50.0 Å². The first-order chi connectivity index (χ1) is 24.6. The molecule has 0 aliphatic heterocycles. The molecule has 10 nitrogen and oxygen atoms in total. The van der Waals surface area contributed by atoms with Crippen molar-refractivity contribution in [3.63, 3.8) is 0 Å². The molecule has 0 aliphatic rings. The Morgan fingerprint density at radius 2 is 0.765 bits per heavy atom. The molecule has 10 heteroatoms. The lowest BCUT2D eigenvalue weighted by molar-refractivity contribution is -0.130. The van der Waals surface area contributed by atoms with Crippen LogP contribution in [0.25, 0.3) is 0 Å². The van der Waals surface area contributed by atoms with Crippen LogP contribution in [0.2, 0.25) is 0 Å². The molecule has 4 aromatic carbocycles. The van der Waals surface area contributed by atoms with Gasteiger partial charge in [0.2, 0.25) is 0 Å². The number of benzene rings is 4. The molecule has 0 bridgehead atoms. The van der Waals surface area contributed by atoms with Crippen molar-refractivity contribution in [2.24, 2.45) is 0 Å². The molecular weight excluding hydrogens is 652 g/mol. The summed E-state index contributed by atoms with van der Waals surface area (Å²) in [5.41, 5.74) is 1.61. The van der Waals surface area contributed by atoms with Gasteiger partial charge in [0.25, 0.3) is 0 Å². The summed E-state index contributed by atoms with van der Waals surface area (Å²) in [4.78, 5) is 59.8. The van der Waals surface area contributed by atoms with Crippen LogP contribution in [-0.2, 0) is 19.2 Å². The molecule has 4 aromatic rings. The van der Waals surface area contributed by atoms with Gasteiger partial charge in [0.15, 0.2) is 0 Å². The van der Waals surface area contributed by atoms with Crippen molar-refractivity contribution in [1.29, 1.82) is 0 Å². The van der Waals surface area contributed by atoms with Crippen molar-refractivity contribution in [2.75, 3.05) is 0 Å². The molecule has 0 radical (unpaired) electrons. The zero-order chi connectivity index (χ0) is 36.8. The smallest absolute Gasteiger partial charge is 0.343 e. The lowest BCUT2D eigenvalue weighted by atomic mass is 10.1. The van der Waals surface area contributed by atoms with Crippen molar-refractivity contribution in [3.05, 3.63) is 163 Å². The standard InChI is InChI=1S/C41H26O10/c1-5-37(42)47-32-19-11-27(12-20-32)9-15-30-25-36(51-40(45)8-4)31(26-35(30)50-39(44)7-3)16-10-28-13-21-34(22-14-28)49-41(46)29-17-23-33(24-18-29)48-38(43)6-2/h5-8,11-14,17-26H,1-4H2. The summed E-state index contributed by atoms with van der Waals surface area (Å²) < 4.78 is 26.3. The summed E-state index contributed by atoms with van der Waals surface area (Å²) in [7, 11) is 0. The number of carbonyl (C=O) groups is 5. The highest BCUT2D eigenvalue weighted by Gasteiger charge is 2.15. The number of carbonyl (C=O) groups excluding carboxylic acids is 5. The van der Waals surface area contributed by atoms with Crippen molar-refractivity contribution in [1.82, 2.24) is 0 Å². The average molecular weight is 679 g/mol. The van der Waals surface area contributed by atoms with E-state index in [9.17, 15) is 24.0 Å². The number of rotatable bonds is 10. The molecule has 51 heavy (non-hydrogen) atoms. The quantitative estimate of drug-likeness (QED) is 0.0843. The highest BCUT2D eigenvalue weighted by molar-refractivity contribution is 5.91. The minimum Gasteiger partial charge on any atom is -0.423 e. The third-order valence-electron chi connectivity index (χ3n) is 6.30. The molecule has 4 rings (SSSR count). The highest BCUT2D eigenvalue weighted by atomic mass is 16.6. The first-order valence-electron chi connectivity index (χ1n) is 14.7. The summed E-state index contributed by atoms with van der Waals surface area (Å²) in [5, 5.41) is 0. The fraction of sp³-hybridized carbons (Fsp3) is 0. The Morgan fingerprint density at radius 3 is 1.14 bits per heavy atom. The van der Waals surface area contributed by atoms with E-state index in [1.54, 1.807) is 36.4 Å². The Morgan fingerprint density at radius 1 is 0.431 bits per heavy atom. The molecule has 0 amide bonds. The summed E-state index contributed by atoms with van der Waals surface area (Å²) in [5.74, 6) is 9.03. The molecule has 0 heterocycles. The molecule has 0 atom stereocenters. The summed E-state index contributed by atoms with van der Waals surface area (Å²) in [6.45, 7) is 13.5. The van der Waals surface area contributed by atoms with Gasteiger partial charge in [-0.25, -0.2) is 24.0 Å². The lowest BCUT2D eigenvalue weighted by Crippen LogP contribution is -2.09. The topological polar surface area (TPSA) is 132 Å². The lowest BCUT2D eigenvalue weighted by Gasteiger charge is -2.10. The first kappa shape index (κ1) is 36.2. The maximum absolute atomic E-state index is 12.6. The van der Waals surface area contributed by atoms with E-state index in [2.05, 4.69) is 50.0 Å². The summed E-state index contributed by atoms with van der Waals surface area (Å²) in [6, 6.07) is 21.2. The molecule has 0 N–H and O–H groups in total. The van der Waals surface area contributed by atoms with Gasteiger partial charge in [0.1, 0.15) is 28.7 Å². The monoisotopic (exact) mass is 678 g/mol. The Kier molecular flexibility index (Phi) is 12.4. The van der Waals surface area contributed by atoms with E-state index in [1.807, 2.05) is 0 Å². The van der Waals surface area contributed by atoms with Crippen molar-refractivity contribution in [3.8, 4) is 52.4 Å². The van der Waals surface area contributed by atoms with Crippen molar-refractivity contribution >= 4 is 29.8 Å². The molecule has 0 saturated carbocycles. The average Bonchev–Trinajstić information content (AvgIpc) is 3.15. The van der Waals surface area contributed by atoms with Crippen LogP contribution >= 0.6 is 0 Å². The fourth-order valence-corrected chi connectivity index (χ4v) is 3.86. The SMILES string of the molecule is C=CC(=O)Oc1ccc(C#Cc2cc(OC(=O)C=C)c(C#Cc3ccc(OC(=O)c4ccc(OC(=O)C=C)cc4)cc3)cc2OC(=O)C=C)cc1. The van der Waals surface area contributed by atoms with Gasteiger partial charge >= 0.3 is 29.8 Å². The minimum absolute atomic E-state index is 0.0117. The largest absolute Gasteiger partial charge is 0.423 e. The third-order valence-corrected chi connectivity index (χ3v) is 6.30. The van der Waals surface area contributed by atoms with Crippen LogP contribution in [-0.4, -0.2) is 29.8 Å². The second kappa shape index (κ2) is 17.5. The molecule has 0 fully saturated rings. The maximum atomic E-state index is 12.6. The van der Waals surface area contributed by atoms with Gasteiger partial charge in [0, 0.05) is 47.6 Å². The van der Waals surface area contributed by atoms with Crippen LogP contribution in [0.15, 0.2) is 136 Å². The van der Waals surface area contributed by atoms with Crippen LogP contribution in [0.4, 0.5) is 0 Å². The number of ether oxygens (including phenoxy) is 5. The molecule has 0 aromatic heterocycles. The molecule has 250 valence electrons. The first-order valence-corrected chi connectivity index (χ1v) is 14.7. The molecule has 0 spiro atoms. The van der Waals surface area contributed by atoms with E-state index in [4.69, 9.17) is 23.7 Å². The third kappa shape index (κ3) is 10.7. The van der Waals surface area contributed by atoms with E-state index in [1.165, 1.54) is 48.5 Å². The Balaban J connectivity index is 1.59. The zero-order valence-corrected chi connectivity index (χ0v) is 26.8. The molecule has 0 aliphatic carbocycles. The van der Waals surface area contributed by atoms with Crippen LogP contribution in [0.5, 0.6) is 28.7 Å². The van der Waals surface area contributed by atoms with Crippen LogP contribution in [0, 0.1) is 23.7 Å². The van der Waals surface area contributed by atoms with Crippen molar-refractivity contribution in [2.45, 2.75) is 0 Å². The molecular formula is C41H26O10. The van der Waals surface area contributed by atoms with Crippen LogP contribution in [0.3, 0.4) is 0 Å². The second-order valence-corrected chi connectivity index (χ2v) is 9.81.